The zero-order valence-corrected chi connectivity index (χ0v) is 20.6. The van der Waals surface area contributed by atoms with Crippen molar-refractivity contribution >= 4 is 39.5 Å². The van der Waals surface area contributed by atoms with Gasteiger partial charge in [-0.1, -0.05) is 0 Å². The van der Waals surface area contributed by atoms with Crippen LogP contribution in [0.15, 0.2) is 55.2 Å². The molecule has 1 atom stereocenters. The van der Waals surface area contributed by atoms with Crippen LogP contribution in [-0.4, -0.2) is 59.7 Å². The van der Waals surface area contributed by atoms with Gasteiger partial charge in [0.05, 0.1) is 30.1 Å². The highest BCUT2D eigenvalue weighted by Gasteiger charge is 2.45. The van der Waals surface area contributed by atoms with Crippen LogP contribution in [-0.2, 0) is 7.05 Å². The summed E-state index contributed by atoms with van der Waals surface area (Å²) in [5, 5.41) is 13.4. The van der Waals surface area contributed by atoms with Crippen LogP contribution in [0, 0.1) is 6.92 Å². The van der Waals surface area contributed by atoms with Crippen molar-refractivity contribution in [3.8, 4) is 11.5 Å². The Labute approximate surface area is 216 Å². The van der Waals surface area contributed by atoms with Gasteiger partial charge in [0.1, 0.15) is 34.5 Å². The number of nitrogens with one attached hydrogen (secondary N) is 1. The zero-order valence-electron chi connectivity index (χ0n) is 20.6. The number of fused-ring (bicyclic) bond motifs is 2. The maximum absolute atomic E-state index is 13.3. The number of imidazole rings is 1. The molecule has 6 rings (SSSR count). The molecule has 194 valence electrons. The average Bonchev–Trinajstić information content (AvgIpc) is 3.49. The molecular weight excluding hydrogens is 494 g/mol. The lowest BCUT2D eigenvalue weighted by atomic mass is 10.1. The van der Waals surface area contributed by atoms with Crippen molar-refractivity contribution in [3.05, 3.63) is 60.8 Å². The molecular formula is C26H24F2N8O2. The van der Waals surface area contributed by atoms with Crippen molar-refractivity contribution in [1.29, 1.82) is 0 Å². The van der Waals surface area contributed by atoms with Crippen molar-refractivity contribution in [2.24, 2.45) is 7.05 Å². The van der Waals surface area contributed by atoms with E-state index >= 15 is 0 Å². The van der Waals surface area contributed by atoms with Gasteiger partial charge in [0, 0.05) is 31.8 Å². The van der Waals surface area contributed by atoms with Crippen LogP contribution in [0.3, 0.4) is 0 Å². The van der Waals surface area contributed by atoms with Crippen LogP contribution in [0.1, 0.15) is 12.0 Å². The third-order valence-electron chi connectivity index (χ3n) is 6.70. The summed E-state index contributed by atoms with van der Waals surface area (Å²) in [4.78, 5) is 23.3. The molecule has 0 unspecified atom stereocenters. The molecule has 0 amide bonds. The number of ether oxygens (including phenoxy) is 1. The Bertz CT molecular complexity index is 1660. The number of β-amino-alcohol motifs (C(OH)–C–C–N with tert-alkyl or cyclic N) is 1. The van der Waals surface area contributed by atoms with Crippen LogP contribution in [0.5, 0.6) is 11.5 Å². The van der Waals surface area contributed by atoms with Crippen molar-refractivity contribution in [3.63, 3.8) is 0 Å². The lowest BCUT2D eigenvalue weighted by molar-refractivity contribution is -0.0801. The standard InChI is InChI=1S/C26H24F2N8O2/c1-15-9-16(3-6-21(15)38-17-4-5-20-18(10-17)32-14-35(20)2)33-23-22-19(30-13-31-23)11-29-25(34-22)36-8-7-26(37,12-36)24(27)28/h3-6,9-11,13-14,24,37H,7-8,12H2,1-2H3,(H,30,31,33)/t26-/m1/s1. The minimum atomic E-state index is -2.85. The van der Waals surface area contributed by atoms with Gasteiger partial charge in [0.25, 0.3) is 6.43 Å². The number of rotatable bonds is 6. The van der Waals surface area contributed by atoms with E-state index in [-0.39, 0.29) is 25.5 Å². The summed E-state index contributed by atoms with van der Waals surface area (Å²) in [7, 11) is 1.94. The number of hydrogen-bond acceptors (Lipinski definition) is 9. The molecule has 2 aromatic carbocycles. The fourth-order valence-electron chi connectivity index (χ4n) is 4.54. The number of halogens is 2. The minimum absolute atomic E-state index is 0.0636. The Morgan fingerprint density at radius 3 is 2.74 bits per heavy atom. The molecule has 0 aliphatic carbocycles. The summed E-state index contributed by atoms with van der Waals surface area (Å²) >= 11 is 0. The van der Waals surface area contributed by atoms with Gasteiger partial charge in [-0.15, -0.1) is 0 Å². The number of alkyl halides is 2. The summed E-state index contributed by atoms with van der Waals surface area (Å²) in [6, 6.07) is 11.4. The Balaban J connectivity index is 1.24. The molecule has 0 radical (unpaired) electrons. The molecule has 5 aromatic rings. The predicted molar refractivity (Wildman–Crippen MR) is 138 cm³/mol. The van der Waals surface area contributed by atoms with Crippen LogP contribution in [0.4, 0.5) is 26.2 Å². The first-order valence-corrected chi connectivity index (χ1v) is 12.0. The molecule has 1 aliphatic rings. The fourth-order valence-corrected chi connectivity index (χ4v) is 4.54. The molecule has 38 heavy (non-hydrogen) atoms. The van der Waals surface area contributed by atoms with E-state index in [1.165, 1.54) is 12.5 Å². The summed E-state index contributed by atoms with van der Waals surface area (Å²) < 4.78 is 34.6. The van der Waals surface area contributed by atoms with Crippen LogP contribution >= 0.6 is 0 Å². The molecule has 10 nitrogen and oxygen atoms in total. The Morgan fingerprint density at radius 2 is 1.95 bits per heavy atom. The van der Waals surface area contributed by atoms with Gasteiger partial charge in [0.15, 0.2) is 5.82 Å². The third-order valence-corrected chi connectivity index (χ3v) is 6.70. The Morgan fingerprint density at radius 1 is 1.08 bits per heavy atom. The molecule has 0 bridgehead atoms. The van der Waals surface area contributed by atoms with Gasteiger partial charge in [-0.25, -0.2) is 33.7 Å². The van der Waals surface area contributed by atoms with E-state index in [1.807, 2.05) is 54.9 Å². The monoisotopic (exact) mass is 518 g/mol. The third kappa shape index (κ3) is 4.32. The maximum atomic E-state index is 13.3. The summed E-state index contributed by atoms with van der Waals surface area (Å²) in [5.74, 6) is 2.06. The lowest BCUT2D eigenvalue weighted by Gasteiger charge is -2.22. The SMILES string of the molecule is Cc1cc(Nc2ncnc3cnc(N4CC[C@](O)(C(F)F)C4)nc23)ccc1Oc1ccc2c(c1)ncn2C. The smallest absolute Gasteiger partial charge is 0.268 e. The number of aryl methyl sites for hydroxylation is 2. The van der Waals surface area contributed by atoms with Gasteiger partial charge in [-0.3, -0.25) is 0 Å². The number of aromatic nitrogens is 6. The first-order chi connectivity index (χ1) is 18.3. The molecule has 1 aliphatic heterocycles. The first kappa shape index (κ1) is 23.9. The first-order valence-electron chi connectivity index (χ1n) is 12.0. The maximum Gasteiger partial charge on any atom is 0.268 e. The van der Waals surface area contributed by atoms with E-state index in [9.17, 15) is 13.9 Å². The molecule has 1 fully saturated rings. The van der Waals surface area contributed by atoms with Gasteiger partial charge in [0.2, 0.25) is 5.95 Å². The summed E-state index contributed by atoms with van der Waals surface area (Å²) in [5.41, 5.74) is 2.38. The molecule has 0 saturated carbocycles. The molecule has 4 heterocycles. The molecule has 1 saturated heterocycles. The number of benzene rings is 2. The van der Waals surface area contributed by atoms with Crippen molar-refractivity contribution in [2.75, 3.05) is 23.3 Å². The number of nitrogens with zero attached hydrogens (tertiary/aromatic N) is 7. The van der Waals surface area contributed by atoms with E-state index in [4.69, 9.17) is 4.74 Å². The average molecular weight is 519 g/mol. The van der Waals surface area contributed by atoms with Crippen molar-refractivity contribution < 1.29 is 18.6 Å². The summed E-state index contributed by atoms with van der Waals surface area (Å²) in [6.45, 7) is 1.91. The number of aliphatic hydroxyl groups is 1. The van der Waals surface area contributed by atoms with Gasteiger partial charge in [-0.2, -0.15) is 0 Å². The van der Waals surface area contributed by atoms with Crippen molar-refractivity contribution in [1.82, 2.24) is 29.5 Å². The molecule has 0 spiro atoms. The van der Waals surface area contributed by atoms with E-state index < -0.39 is 12.0 Å². The summed E-state index contributed by atoms with van der Waals surface area (Å²) in [6.07, 6.45) is 1.77. The Kier molecular flexibility index (Phi) is 5.75. The minimum Gasteiger partial charge on any atom is -0.457 e. The number of hydrogen-bond donors (Lipinski definition) is 2. The second kappa shape index (κ2) is 9.14. The lowest BCUT2D eigenvalue weighted by Crippen LogP contribution is -2.40. The van der Waals surface area contributed by atoms with Crippen molar-refractivity contribution in [2.45, 2.75) is 25.4 Å². The highest BCUT2D eigenvalue weighted by molar-refractivity contribution is 5.87. The van der Waals surface area contributed by atoms with E-state index in [0.717, 1.165) is 22.3 Å². The topological polar surface area (TPSA) is 114 Å². The van der Waals surface area contributed by atoms with Gasteiger partial charge >= 0.3 is 0 Å². The Hall–Kier alpha value is -4.45. The van der Waals surface area contributed by atoms with Crippen LogP contribution < -0.4 is 15.0 Å². The normalized spacial score (nSPS) is 17.6. The van der Waals surface area contributed by atoms with Gasteiger partial charge < -0.3 is 24.6 Å². The molecule has 2 N–H and O–H groups in total. The zero-order chi connectivity index (χ0) is 26.4. The van der Waals surface area contributed by atoms with Crippen LogP contribution in [0.2, 0.25) is 0 Å². The highest BCUT2D eigenvalue weighted by Crippen LogP contribution is 2.33. The quantitative estimate of drug-likeness (QED) is 0.338. The second-order valence-electron chi connectivity index (χ2n) is 9.42. The number of anilines is 3. The van der Waals surface area contributed by atoms with Gasteiger partial charge in [-0.05, 0) is 42.8 Å². The van der Waals surface area contributed by atoms with E-state index in [1.54, 1.807) is 11.2 Å². The van der Waals surface area contributed by atoms with E-state index in [2.05, 4.69) is 30.2 Å². The second-order valence-corrected chi connectivity index (χ2v) is 9.42. The largest absolute Gasteiger partial charge is 0.457 e. The molecule has 3 aromatic heterocycles. The predicted octanol–water partition coefficient (Wildman–Crippen LogP) is 4.36. The van der Waals surface area contributed by atoms with Crippen LogP contribution in [0.25, 0.3) is 22.1 Å². The molecule has 12 heteroatoms. The highest BCUT2D eigenvalue weighted by atomic mass is 19.3. The van der Waals surface area contributed by atoms with E-state index in [0.29, 0.717) is 28.4 Å². The fraction of sp³-hybridized carbons (Fsp3) is 0.269.